The third-order valence-corrected chi connectivity index (χ3v) is 3.48. The molecule has 1 aromatic heterocycles. The predicted octanol–water partition coefficient (Wildman–Crippen LogP) is 2.88. The third kappa shape index (κ3) is 2.62. The maximum Gasteiger partial charge on any atom is 0.194 e. The first-order valence-corrected chi connectivity index (χ1v) is 6.62. The largest absolute Gasteiger partial charge is 0.448 e. The Morgan fingerprint density at radius 1 is 1.28 bits per heavy atom. The van der Waals surface area contributed by atoms with Crippen LogP contribution in [0.15, 0.2) is 41.0 Å². The molecule has 0 spiro atoms. The van der Waals surface area contributed by atoms with Gasteiger partial charge in [0.1, 0.15) is 12.0 Å². The molecule has 1 saturated heterocycles. The van der Waals surface area contributed by atoms with Crippen LogP contribution >= 0.6 is 0 Å². The molecule has 94 valence electrons. The van der Waals surface area contributed by atoms with Crippen LogP contribution in [0.3, 0.4) is 0 Å². The van der Waals surface area contributed by atoms with Gasteiger partial charge < -0.3 is 9.73 Å². The molecule has 1 fully saturated rings. The molecule has 0 aliphatic carbocycles. The third-order valence-electron chi connectivity index (χ3n) is 3.48. The van der Waals surface area contributed by atoms with Crippen molar-refractivity contribution in [3.05, 3.63) is 42.5 Å². The van der Waals surface area contributed by atoms with E-state index in [4.69, 9.17) is 4.42 Å². The molecule has 0 radical (unpaired) electrons. The van der Waals surface area contributed by atoms with Gasteiger partial charge in [-0.1, -0.05) is 30.3 Å². The Labute approximate surface area is 107 Å². The summed E-state index contributed by atoms with van der Waals surface area (Å²) in [5.41, 5.74) is 2.06. The summed E-state index contributed by atoms with van der Waals surface area (Å²) < 4.78 is 5.58. The maximum absolute atomic E-state index is 5.58. The summed E-state index contributed by atoms with van der Waals surface area (Å²) in [5.74, 6) is 1.53. The molecular formula is C15H18N2O. The van der Waals surface area contributed by atoms with Crippen LogP contribution in [0.5, 0.6) is 0 Å². The van der Waals surface area contributed by atoms with Gasteiger partial charge in [-0.15, -0.1) is 0 Å². The van der Waals surface area contributed by atoms with E-state index in [1.54, 1.807) is 6.26 Å². The van der Waals surface area contributed by atoms with Crippen molar-refractivity contribution in [3.8, 4) is 11.3 Å². The lowest BCUT2D eigenvalue weighted by atomic mass is 9.96. The lowest BCUT2D eigenvalue weighted by Gasteiger charge is -2.21. The molecule has 0 bridgehead atoms. The van der Waals surface area contributed by atoms with E-state index in [9.17, 15) is 0 Å². The second-order valence-electron chi connectivity index (χ2n) is 4.91. The number of hydrogen-bond donors (Lipinski definition) is 1. The molecular weight excluding hydrogens is 224 g/mol. The van der Waals surface area contributed by atoms with Gasteiger partial charge in [0.25, 0.3) is 0 Å². The number of hydrogen-bond acceptors (Lipinski definition) is 3. The molecule has 0 amide bonds. The number of rotatable bonds is 3. The molecule has 3 heteroatoms. The Morgan fingerprint density at radius 3 is 2.94 bits per heavy atom. The molecule has 1 unspecified atom stereocenters. The van der Waals surface area contributed by atoms with E-state index in [1.165, 1.54) is 12.8 Å². The summed E-state index contributed by atoms with van der Waals surface area (Å²) in [5, 5.41) is 3.42. The number of oxazole rings is 1. The first-order valence-electron chi connectivity index (χ1n) is 6.62. The van der Waals surface area contributed by atoms with Gasteiger partial charge in [-0.05, 0) is 31.8 Å². The molecule has 18 heavy (non-hydrogen) atoms. The fourth-order valence-corrected chi connectivity index (χ4v) is 2.49. The van der Waals surface area contributed by atoms with Crippen molar-refractivity contribution in [1.82, 2.24) is 10.3 Å². The van der Waals surface area contributed by atoms with E-state index in [1.807, 2.05) is 18.2 Å². The standard InChI is InChI=1S/C15H18N2O/c1-2-6-13(7-3-1)14-11-18-15(17-14)9-12-5-4-8-16-10-12/h1-3,6-7,11-12,16H,4-5,8-10H2. The summed E-state index contributed by atoms with van der Waals surface area (Å²) >= 11 is 0. The van der Waals surface area contributed by atoms with Gasteiger partial charge in [0, 0.05) is 12.0 Å². The topological polar surface area (TPSA) is 38.1 Å². The summed E-state index contributed by atoms with van der Waals surface area (Å²) in [4.78, 5) is 4.58. The molecule has 3 rings (SSSR count). The zero-order chi connectivity index (χ0) is 12.2. The normalized spacial score (nSPS) is 19.9. The zero-order valence-corrected chi connectivity index (χ0v) is 10.4. The van der Waals surface area contributed by atoms with Crippen molar-refractivity contribution < 1.29 is 4.42 Å². The highest BCUT2D eigenvalue weighted by atomic mass is 16.3. The summed E-state index contributed by atoms with van der Waals surface area (Å²) in [6.07, 6.45) is 5.24. The molecule has 3 nitrogen and oxygen atoms in total. The molecule has 1 N–H and O–H groups in total. The Kier molecular flexibility index (Phi) is 3.42. The van der Waals surface area contributed by atoms with Crippen LogP contribution < -0.4 is 5.32 Å². The fraction of sp³-hybridized carbons (Fsp3) is 0.400. The van der Waals surface area contributed by atoms with E-state index in [0.29, 0.717) is 5.92 Å². The minimum atomic E-state index is 0.668. The molecule has 1 aliphatic rings. The smallest absolute Gasteiger partial charge is 0.194 e. The van der Waals surface area contributed by atoms with Crippen LogP contribution in [0.2, 0.25) is 0 Å². The first-order chi connectivity index (χ1) is 8.92. The molecule has 1 atom stereocenters. The Morgan fingerprint density at radius 2 is 2.17 bits per heavy atom. The number of nitrogens with one attached hydrogen (secondary N) is 1. The van der Waals surface area contributed by atoms with E-state index in [0.717, 1.165) is 36.7 Å². The fourth-order valence-electron chi connectivity index (χ4n) is 2.49. The Balaban J connectivity index is 1.69. The van der Waals surface area contributed by atoms with Crippen LogP contribution in [0.1, 0.15) is 18.7 Å². The van der Waals surface area contributed by atoms with Crippen LogP contribution in [0.4, 0.5) is 0 Å². The highest BCUT2D eigenvalue weighted by Crippen LogP contribution is 2.21. The van der Waals surface area contributed by atoms with Crippen LogP contribution in [0.25, 0.3) is 11.3 Å². The average molecular weight is 242 g/mol. The number of nitrogens with zero attached hydrogens (tertiary/aromatic N) is 1. The average Bonchev–Trinajstić information content (AvgIpc) is 2.89. The van der Waals surface area contributed by atoms with Gasteiger partial charge in [-0.2, -0.15) is 0 Å². The quantitative estimate of drug-likeness (QED) is 0.899. The summed E-state index contributed by atoms with van der Waals surface area (Å²) in [6, 6.07) is 10.2. The van der Waals surface area contributed by atoms with Crippen molar-refractivity contribution in [2.24, 2.45) is 5.92 Å². The van der Waals surface area contributed by atoms with Crippen molar-refractivity contribution >= 4 is 0 Å². The van der Waals surface area contributed by atoms with E-state index in [2.05, 4.69) is 22.4 Å². The van der Waals surface area contributed by atoms with Crippen LogP contribution in [0, 0.1) is 5.92 Å². The summed E-state index contributed by atoms with van der Waals surface area (Å²) in [6.45, 7) is 2.24. The minimum absolute atomic E-state index is 0.668. The molecule has 0 saturated carbocycles. The number of piperidine rings is 1. The zero-order valence-electron chi connectivity index (χ0n) is 10.4. The highest BCUT2D eigenvalue weighted by molar-refractivity contribution is 5.57. The monoisotopic (exact) mass is 242 g/mol. The summed E-state index contributed by atoms with van der Waals surface area (Å²) in [7, 11) is 0. The van der Waals surface area contributed by atoms with E-state index in [-0.39, 0.29) is 0 Å². The SMILES string of the molecule is c1ccc(-c2coc(CC3CCCNC3)n2)cc1. The van der Waals surface area contributed by atoms with Gasteiger partial charge in [0.2, 0.25) is 0 Å². The van der Waals surface area contributed by atoms with Crippen LogP contribution in [-0.2, 0) is 6.42 Å². The van der Waals surface area contributed by atoms with Gasteiger partial charge in [0.15, 0.2) is 5.89 Å². The predicted molar refractivity (Wildman–Crippen MR) is 71.2 cm³/mol. The number of benzene rings is 1. The second-order valence-corrected chi connectivity index (χ2v) is 4.91. The highest BCUT2D eigenvalue weighted by Gasteiger charge is 2.16. The van der Waals surface area contributed by atoms with E-state index >= 15 is 0 Å². The first kappa shape index (κ1) is 11.5. The van der Waals surface area contributed by atoms with Crippen molar-refractivity contribution in [2.75, 3.05) is 13.1 Å². The second kappa shape index (κ2) is 5.36. The van der Waals surface area contributed by atoms with E-state index < -0.39 is 0 Å². The van der Waals surface area contributed by atoms with Gasteiger partial charge in [-0.25, -0.2) is 4.98 Å². The Hall–Kier alpha value is -1.61. The van der Waals surface area contributed by atoms with Gasteiger partial charge in [-0.3, -0.25) is 0 Å². The van der Waals surface area contributed by atoms with Crippen molar-refractivity contribution in [2.45, 2.75) is 19.3 Å². The lowest BCUT2D eigenvalue weighted by molar-refractivity contribution is 0.345. The van der Waals surface area contributed by atoms with Crippen LogP contribution in [-0.4, -0.2) is 18.1 Å². The number of aromatic nitrogens is 1. The van der Waals surface area contributed by atoms with Gasteiger partial charge >= 0.3 is 0 Å². The van der Waals surface area contributed by atoms with Crippen molar-refractivity contribution in [3.63, 3.8) is 0 Å². The minimum Gasteiger partial charge on any atom is -0.448 e. The maximum atomic E-state index is 5.58. The molecule has 1 aromatic carbocycles. The molecule has 2 heterocycles. The molecule has 2 aromatic rings. The molecule has 1 aliphatic heterocycles. The Bertz CT molecular complexity index is 486. The van der Waals surface area contributed by atoms with Gasteiger partial charge in [0.05, 0.1) is 0 Å². The lowest BCUT2D eigenvalue weighted by Crippen LogP contribution is -2.30. The van der Waals surface area contributed by atoms with Crippen molar-refractivity contribution in [1.29, 1.82) is 0 Å².